The van der Waals surface area contributed by atoms with E-state index in [1.54, 1.807) is 0 Å². The number of likely N-dealkylation sites (N-methyl/N-ethyl adjacent to an activating group) is 1. The molecule has 70 valence electrons. The summed E-state index contributed by atoms with van der Waals surface area (Å²) in [4.78, 5) is 2.34. The molecule has 0 atom stereocenters. The van der Waals surface area contributed by atoms with Gasteiger partial charge in [-0.05, 0) is 37.1 Å². The number of hydrogen-bond acceptors (Lipinski definition) is 3. The lowest BCUT2D eigenvalue weighted by Crippen LogP contribution is -2.18. The van der Waals surface area contributed by atoms with Gasteiger partial charge in [-0.2, -0.15) is 0 Å². The van der Waals surface area contributed by atoms with E-state index in [0.29, 0.717) is 0 Å². The van der Waals surface area contributed by atoms with E-state index in [1.807, 2.05) is 12.1 Å². The topological polar surface area (TPSA) is 35.5 Å². The fourth-order valence-corrected chi connectivity index (χ4v) is 1.87. The van der Waals surface area contributed by atoms with Crippen LogP contribution in [0.25, 0.3) is 0 Å². The number of rotatable bonds is 2. The van der Waals surface area contributed by atoms with Gasteiger partial charge in [0, 0.05) is 18.8 Å². The van der Waals surface area contributed by atoms with Gasteiger partial charge in [0.1, 0.15) is 0 Å². The molecule has 1 aliphatic rings. The maximum absolute atomic E-state index is 8.73. The van der Waals surface area contributed by atoms with E-state index in [0.717, 1.165) is 25.2 Å². The molecule has 1 aliphatic heterocycles. The summed E-state index contributed by atoms with van der Waals surface area (Å²) in [5, 5.41) is 8.73. The van der Waals surface area contributed by atoms with Gasteiger partial charge in [-0.1, -0.05) is 0 Å². The Balaban J connectivity index is 2.34. The van der Waals surface area contributed by atoms with Crippen LogP contribution in [0.15, 0.2) is 18.2 Å². The summed E-state index contributed by atoms with van der Waals surface area (Å²) in [5.74, 6) is 0. The molecule has 0 bridgehead atoms. The van der Waals surface area contributed by atoms with Gasteiger partial charge in [0.15, 0.2) is 0 Å². The van der Waals surface area contributed by atoms with Crippen LogP contribution in [0.5, 0.6) is 0 Å². The third kappa shape index (κ3) is 1.35. The Hall–Kier alpha value is -1.22. The highest BCUT2D eigenvalue weighted by Crippen LogP contribution is 2.29. The van der Waals surface area contributed by atoms with Crippen molar-refractivity contribution >= 4 is 11.4 Å². The van der Waals surface area contributed by atoms with Crippen LogP contribution in [0, 0.1) is 0 Å². The standard InChI is InChI=1S/C10H14N2O/c1-2-12-6-5-8-7-9(11-13)3-4-10(8)12/h3-4,7,11,13H,2,5-6H2,1H3. The number of benzene rings is 1. The first-order chi connectivity index (χ1) is 6.35. The van der Waals surface area contributed by atoms with Crippen LogP contribution in [0.3, 0.4) is 0 Å². The number of nitrogens with one attached hydrogen (secondary N) is 1. The van der Waals surface area contributed by atoms with E-state index in [2.05, 4.69) is 23.4 Å². The van der Waals surface area contributed by atoms with Crippen LogP contribution < -0.4 is 10.4 Å². The van der Waals surface area contributed by atoms with Gasteiger partial charge in [-0.25, -0.2) is 0 Å². The lowest BCUT2D eigenvalue weighted by Gasteiger charge is -2.16. The molecule has 0 aliphatic carbocycles. The summed E-state index contributed by atoms with van der Waals surface area (Å²) < 4.78 is 0. The lowest BCUT2D eigenvalue weighted by atomic mass is 10.1. The monoisotopic (exact) mass is 178 g/mol. The molecular weight excluding hydrogens is 164 g/mol. The first kappa shape index (κ1) is 8.38. The molecule has 0 amide bonds. The summed E-state index contributed by atoms with van der Waals surface area (Å²) in [6.07, 6.45) is 1.08. The third-order valence-electron chi connectivity index (χ3n) is 2.58. The molecular formula is C10H14N2O. The van der Waals surface area contributed by atoms with Crippen molar-refractivity contribution in [2.75, 3.05) is 23.5 Å². The molecule has 2 N–H and O–H groups in total. The maximum Gasteiger partial charge on any atom is 0.0606 e. The Morgan fingerprint density at radius 2 is 2.38 bits per heavy atom. The highest BCUT2D eigenvalue weighted by atomic mass is 16.5. The zero-order chi connectivity index (χ0) is 9.26. The van der Waals surface area contributed by atoms with Crippen molar-refractivity contribution in [2.45, 2.75) is 13.3 Å². The van der Waals surface area contributed by atoms with Gasteiger partial charge in [0.25, 0.3) is 0 Å². The molecule has 1 aromatic carbocycles. The molecule has 0 unspecified atom stereocenters. The van der Waals surface area contributed by atoms with Crippen molar-refractivity contribution in [1.82, 2.24) is 0 Å². The third-order valence-corrected chi connectivity index (χ3v) is 2.58. The number of nitrogens with zero attached hydrogens (tertiary/aromatic N) is 1. The second-order valence-electron chi connectivity index (χ2n) is 3.28. The van der Waals surface area contributed by atoms with Crippen LogP contribution in [-0.2, 0) is 6.42 Å². The summed E-state index contributed by atoms with van der Waals surface area (Å²) >= 11 is 0. The molecule has 3 heteroatoms. The van der Waals surface area contributed by atoms with Crippen molar-refractivity contribution in [3.05, 3.63) is 23.8 Å². The Labute approximate surface area is 77.9 Å². The van der Waals surface area contributed by atoms with E-state index in [-0.39, 0.29) is 0 Å². The maximum atomic E-state index is 8.73. The smallest absolute Gasteiger partial charge is 0.0606 e. The average molecular weight is 178 g/mol. The molecule has 1 aromatic rings. The summed E-state index contributed by atoms with van der Waals surface area (Å²) in [6, 6.07) is 5.96. The fourth-order valence-electron chi connectivity index (χ4n) is 1.87. The SMILES string of the molecule is CCN1CCc2cc(NO)ccc21. The molecule has 2 rings (SSSR count). The molecule has 13 heavy (non-hydrogen) atoms. The van der Waals surface area contributed by atoms with Crippen LogP contribution in [0.4, 0.5) is 11.4 Å². The van der Waals surface area contributed by atoms with E-state index in [1.165, 1.54) is 11.3 Å². The second kappa shape index (κ2) is 3.26. The Morgan fingerprint density at radius 3 is 3.08 bits per heavy atom. The van der Waals surface area contributed by atoms with Crippen LogP contribution in [0.1, 0.15) is 12.5 Å². The zero-order valence-corrected chi connectivity index (χ0v) is 7.75. The summed E-state index contributed by atoms with van der Waals surface area (Å²) in [7, 11) is 0. The Bertz CT molecular complexity index is 312. The summed E-state index contributed by atoms with van der Waals surface area (Å²) in [5.41, 5.74) is 5.57. The summed E-state index contributed by atoms with van der Waals surface area (Å²) in [6.45, 7) is 4.31. The van der Waals surface area contributed by atoms with Gasteiger partial charge in [-0.3, -0.25) is 10.7 Å². The molecule has 0 spiro atoms. The van der Waals surface area contributed by atoms with Crippen LogP contribution in [0.2, 0.25) is 0 Å². The van der Waals surface area contributed by atoms with Gasteiger partial charge in [-0.15, -0.1) is 0 Å². The first-order valence-electron chi connectivity index (χ1n) is 4.63. The minimum atomic E-state index is 0.775. The molecule has 0 saturated heterocycles. The van der Waals surface area contributed by atoms with E-state index >= 15 is 0 Å². The minimum absolute atomic E-state index is 0.775. The fraction of sp³-hybridized carbons (Fsp3) is 0.400. The molecule has 0 aromatic heterocycles. The minimum Gasteiger partial charge on any atom is -0.371 e. The van der Waals surface area contributed by atoms with Crippen molar-refractivity contribution in [3.63, 3.8) is 0 Å². The predicted molar refractivity (Wildman–Crippen MR) is 53.4 cm³/mol. The number of fused-ring (bicyclic) bond motifs is 1. The zero-order valence-electron chi connectivity index (χ0n) is 7.75. The Morgan fingerprint density at radius 1 is 1.54 bits per heavy atom. The average Bonchev–Trinajstić information content (AvgIpc) is 2.59. The van der Waals surface area contributed by atoms with Crippen molar-refractivity contribution in [2.24, 2.45) is 0 Å². The van der Waals surface area contributed by atoms with E-state index < -0.39 is 0 Å². The van der Waals surface area contributed by atoms with Crippen molar-refractivity contribution < 1.29 is 5.21 Å². The quantitative estimate of drug-likeness (QED) is 0.679. The lowest BCUT2D eigenvalue weighted by molar-refractivity contribution is 0.389. The largest absolute Gasteiger partial charge is 0.371 e. The van der Waals surface area contributed by atoms with Crippen LogP contribution >= 0.6 is 0 Å². The molecule has 0 fully saturated rings. The molecule has 3 nitrogen and oxygen atoms in total. The first-order valence-corrected chi connectivity index (χ1v) is 4.63. The van der Waals surface area contributed by atoms with Gasteiger partial charge in [0.05, 0.1) is 5.69 Å². The van der Waals surface area contributed by atoms with Crippen molar-refractivity contribution in [3.8, 4) is 0 Å². The van der Waals surface area contributed by atoms with E-state index in [9.17, 15) is 0 Å². The van der Waals surface area contributed by atoms with Crippen molar-refractivity contribution in [1.29, 1.82) is 0 Å². The van der Waals surface area contributed by atoms with Gasteiger partial charge < -0.3 is 4.90 Å². The molecule has 0 saturated carbocycles. The van der Waals surface area contributed by atoms with E-state index in [4.69, 9.17) is 5.21 Å². The predicted octanol–water partition coefficient (Wildman–Crippen LogP) is 1.87. The van der Waals surface area contributed by atoms with Gasteiger partial charge >= 0.3 is 0 Å². The Kier molecular flexibility index (Phi) is 2.10. The number of anilines is 2. The second-order valence-corrected chi connectivity index (χ2v) is 3.28. The van der Waals surface area contributed by atoms with Gasteiger partial charge in [0.2, 0.25) is 0 Å². The van der Waals surface area contributed by atoms with Crippen LogP contribution in [-0.4, -0.2) is 18.3 Å². The molecule has 1 heterocycles. The highest BCUT2D eigenvalue weighted by Gasteiger charge is 2.17. The normalized spacial score (nSPS) is 14.5. The number of hydrogen-bond donors (Lipinski definition) is 2. The molecule has 0 radical (unpaired) electrons. The highest BCUT2D eigenvalue weighted by molar-refractivity contribution is 5.63.